The van der Waals surface area contributed by atoms with Gasteiger partial charge >= 0.3 is 0 Å². The topological polar surface area (TPSA) is 67.1 Å². The van der Waals surface area contributed by atoms with Crippen molar-refractivity contribution in [2.45, 2.75) is 79.3 Å². The summed E-state index contributed by atoms with van der Waals surface area (Å²) in [5.74, 6) is 2.95. The molecule has 0 bridgehead atoms. The van der Waals surface area contributed by atoms with E-state index in [0.717, 1.165) is 43.7 Å². The molecule has 0 aliphatic carbocycles. The maximum atomic E-state index is 4.70. The van der Waals surface area contributed by atoms with Gasteiger partial charge in [0.15, 0.2) is 11.8 Å². The lowest BCUT2D eigenvalue weighted by molar-refractivity contribution is 0.318. The fraction of sp³-hybridized carbons (Fsp3) is 0.833. The molecule has 0 saturated heterocycles. The molecule has 1 aliphatic heterocycles. The molecule has 0 fully saturated rings. The number of nitrogens with zero attached hydrogens (tertiary/aromatic N) is 4. The van der Waals surface area contributed by atoms with Crippen LogP contribution in [0.25, 0.3) is 0 Å². The number of aliphatic imine (C=N–C) groups is 1. The van der Waals surface area contributed by atoms with E-state index in [4.69, 9.17) is 4.99 Å². The zero-order valence-corrected chi connectivity index (χ0v) is 15.9. The molecule has 136 valence electrons. The molecule has 0 aromatic carbocycles. The van der Waals surface area contributed by atoms with Crippen LogP contribution in [0.15, 0.2) is 4.99 Å². The standard InChI is InChI=1S/C18H34N6/c1-5-7-8-11-18(3,4)14-21-17(19-6-2)20-13-16-23-22-15-10-9-12-24(15)16/h5-14H2,1-4H3,(H2,19,20,21). The summed E-state index contributed by atoms with van der Waals surface area (Å²) in [6.07, 6.45) is 7.34. The zero-order valence-electron chi connectivity index (χ0n) is 15.9. The molecular formula is C18H34N6. The van der Waals surface area contributed by atoms with Gasteiger partial charge in [0, 0.05) is 26.1 Å². The van der Waals surface area contributed by atoms with E-state index in [-0.39, 0.29) is 5.41 Å². The molecule has 0 amide bonds. The first-order valence-electron chi connectivity index (χ1n) is 9.49. The molecule has 2 heterocycles. The van der Waals surface area contributed by atoms with Crippen LogP contribution >= 0.6 is 0 Å². The molecular weight excluding hydrogens is 300 g/mol. The van der Waals surface area contributed by atoms with Gasteiger partial charge in [0.25, 0.3) is 0 Å². The molecule has 0 unspecified atom stereocenters. The van der Waals surface area contributed by atoms with Gasteiger partial charge in [-0.3, -0.25) is 0 Å². The SMILES string of the molecule is CCCCCC(C)(C)CNC(=NCc1nnc2n1CCC2)NCC. The van der Waals surface area contributed by atoms with Crippen molar-refractivity contribution in [3.63, 3.8) is 0 Å². The van der Waals surface area contributed by atoms with E-state index in [1.165, 1.54) is 32.1 Å². The Morgan fingerprint density at radius 1 is 1.21 bits per heavy atom. The Morgan fingerprint density at radius 3 is 2.79 bits per heavy atom. The summed E-state index contributed by atoms with van der Waals surface area (Å²) in [6.45, 7) is 12.4. The molecule has 1 aliphatic rings. The van der Waals surface area contributed by atoms with E-state index in [9.17, 15) is 0 Å². The number of aromatic nitrogens is 3. The average molecular weight is 335 g/mol. The second kappa shape index (κ2) is 9.04. The highest BCUT2D eigenvalue weighted by atomic mass is 15.3. The summed E-state index contributed by atoms with van der Waals surface area (Å²) in [7, 11) is 0. The van der Waals surface area contributed by atoms with Crippen LogP contribution < -0.4 is 10.6 Å². The first kappa shape index (κ1) is 18.7. The molecule has 2 rings (SSSR count). The number of hydrogen-bond donors (Lipinski definition) is 2. The highest BCUT2D eigenvalue weighted by Crippen LogP contribution is 2.22. The van der Waals surface area contributed by atoms with Gasteiger partial charge < -0.3 is 15.2 Å². The molecule has 1 aromatic rings. The predicted molar refractivity (Wildman–Crippen MR) is 99.1 cm³/mol. The van der Waals surface area contributed by atoms with E-state index in [1.54, 1.807) is 0 Å². The number of hydrogen-bond acceptors (Lipinski definition) is 3. The number of aryl methyl sites for hydroxylation is 1. The minimum Gasteiger partial charge on any atom is -0.357 e. The Morgan fingerprint density at radius 2 is 2.04 bits per heavy atom. The van der Waals surface area contributed by atoms with Gasteiger partial charge in [-0.15, -0.1) is 10.2 Å². The minimum absolute atomic E-state index is 0.279. The van der Waals surface area contributed by atoms with Gasteiger partial charge in [0.05, 0.1) is 0 Å². The normalized spacial score (nSPS) is 14.8. The van der Waals surface area contributed by atoms with Gasteiger partial charge in [0.2, 0.25) is 0 Å². The van der Waals surface area contributed by atoms with Crippen molar-refractivity contribution in [1.29, 1.82) is 0 Å². The van der Waals surface area contributed by atoms with Crippen LogP contribution in [0.4, 0.5) is 0 Å². The van der Waals surface area contributed by atoms with Crippen molar-refractivity contribution < 1.29 is 0 Å². The summed E-state index contributed by atoms with van der Waals surface area (Å²) >= 11 is 0. The number of nitrogens with one attached hydrogen (secondary N) is 2. The zero-order chi connectivity index (χ0) is 17.4. The maximum Gasteiger partial charge on any atom is 0.191 e. The third-order valence-electron chi connectivity index (χ3n) is 4.60. The van der Waals surface area contributed by atoms with Crippen LogP contribution in [-0.2, 0) is 19.5 Å². The monoisotopic (exact) mass is 334 g/mol. The Bertz CT molecular complexity index is 532. The van der Waals surface area contributed by atoms with E-state index >= 15 is 0 Å². The lowest BCUT2D eigenvalue weighted by Gasteiger charge is -2.26. The van der Waals surface area contributed by atoms with Gasteiger partial charge in [-0.05, 0) is 25.2 Å². The third kappa shape index (κ3) is 5.49. The quantitative estimate of drug-likeness (QED) is 0.414. The fourth-order valence-corrected chi connectivity index (χ4v) is 3.08. The van der Waals surface area contributed by atoms with E-state index in [0.29, 0.717) is 6.54 Å². The predicted octanol–water partition coefficient (Wildman–Crippen LogP) is 2.89. The summed E-state index contributed by atoms with van der Waals surface area (Å²) < 4.78 is 2.21. The summed E-state index contributed by atoms with van der Waals surface area (Å²) in [5, 5.41) is 15.4. The molecule has 6 nitrogen and oxygen atoms in total. The van der Waals surface area contributed by atoms with Gasteiger partial charge in [-0.2, -0.15) is 0 Å². The number of rotatable bonds is 9. The average Bonchev–Trinajstić information content (AvgIpc) is 3.14. The van der Waals surface area contributed by atoms with E-state index in [2.05, 4.69) is 53.1 Å². The van der Waals surface area contributed by atoms with Crippen LogP contribution in [0.3, 0.4) is 0 Å². The lowest BCUT2D eigenvalue weighted by atomic mass is 9.87. The van der Waals surface area contributed by atoms with Gasteiger partial charge in [-0.25, -0.2) is 4.99 Å². The molecule has 6 heteroatoms. The van der Waals surface area contributed by atoms with E-state index < -0.39 is 0 Å². The smallest absolute Gasteiger partial charge is 0.191 e. The largest absolute Gasteiger partial charge is 0.357 e. The summed E-state index contributed by atoms with van der Waals surface area (Å²) in [5.41, 5.74) is 0.279. The fourth-order valence-electron chi connectivity index (χ4n) is 3.08. The molecule has 2 N–H and O–H groups in total. The number of unbranched alkanes of at least 4 members (excludes halogenated alkanes) is 2. The Balaban J connectivity index is 1.88. The summed E-state index contributed by atoms with van der Waals surface area (Å²) in [4.78, 5) is 4.70. The molecule has 24 heavy (non-hydrogen) atoms. The Hall–Kier alpha value is -1.59. The van der Waals surface area contributed by atoms with Crippen molar-refractivity contribution in [1.82, 2.24) is 25.4 Å². The lowest BCUT2D eigenvalue weighted by Crippen LogP contribution is -2.42. The number of fused-ring (bicyclic) bond motifs is 1. The van der Waals surface area contributed by atoms with E-state index in [1.807, 2.05) is 0 Å². The molecule has 0 radical (unpaired) electrons. The third-order valence-corrected chi connectivity index (χ3v) is 4.60. The van der Waals surface area contributed by atoms with Crippen LogP contribution in [-0.4, -0.2) is 33.8 Å². The number of guanidine groups is 1. The molecule has 0 saturated carbocycles. The summed E-state index contributed by atoms with van der Waals surface area (Å²) in [6, 6.07) is 0. The van der Waals surface area contributed by atoms with Crippen LogP contribution in [0.5, 0.6) is 0 Å². The van der Waals surface area contributed by atoms with Crippen molar-refractivity contribution in [2.24, 2.45) is 10.4 Å². The molecule has 0 atom stereocenters. The van der Waals surface area contributed by atoms with Gasteiger partial charge in [0.1, 0.15) is 12.4 Å². The first-order valence-corrected chi connectivity index (χ1v) is 9.49. The highest BCUT2D eigenvalue weighted by Gasteiger charge is 2.19. The van der Waals surface area contributed by atoms with Crippen molar-refractivity contribution in [3.8, 4) is 0 Å². The van der Waals surface area contributed by atoms with Crippen molar-refractivity contribution in [2.75, 3.05) is 13.1 Å². The second-order valence-corrected chi connectivity index (χ2v) is 7.46. The highest BCUT2D eigenvalue weighted by molar-refractivity contribution is 5.79. The maximum absolute atomic E-state index is 4.70. The van der Waals surface area contributed by atoms with Crippen molar-refractivity contribution in [3.05, 3.63) is 11.6 Å². The molecule has 1 aromatic heterocycles. The van der Waals surface area contributed by atoms with Gasteiger partial charge in [-0.1, -0.05) is 40.0 Å². The van der Waals surface area contributed by atoms with Crippen molar-refractivity contribution >= 4 is 5.96 Å². The second-order valence-electron chi connectivity index (χ2n) is 7.46. The first-order chi connectivity index (χ1) is 11.6. The van der Waals surface area contributed by atoms with Crippen LogP contribution in [0.1, 0.15) is 71.4 Å². The Labute approximate surface area is 146 Å². The van der Waals surface area contributed by atoms with Crippen LogP contribution in [0.2, 0.25) is 0 Å². The Kier molecular flexibility index (Phi) is 7.06. The van der Waals surface area contributed by atoms with Crippen LogP contribution in [0, 0.1) is 5.41 Å². The minimum atomic E-state index is 0.279. The molecule has 0 spiro atoms.